The Morgan fingerprint density at radius 1 is 1.44 bits per heavy atom. The van der Waals surface area contributed by atoms with E-state index in [1.165, 1.54) is 13.2 Å². The molecule has 0 saturated heterocycles. The van der Waals surface area contributed by atoms with Crippen LogP contribution in [0.2, 0.25) is 0 Å². The Morgan fingerprint density at radius 3 is 2.56 bits per heavy atom. The molecule has 0 bridgehead atoms. The Balaban J connectivity index is 4.04. The van der Waals surface area contributed by atoms with Crippen LogP contribution < -0.4 is 0 Å². The lowest BCUT2D eigenvalue weighted by Gasteiger charge is -2.17. The van der Waals surface area contributed by atoms with E-state index in [0.717, 1.165) is 24.8 Å². The van der Waals surface area contributed by atoms with Gasteiger partial charge in [0.05, 0.1) is 12.7 Å². The zero-order valence-corrected chi connectivity index (χ0v) is 12.2. The van der Waals surface area contributed by atoms with Crippen molar-refractivity contribution in [3.63, 3.8) is 0 Å². The summed E-state index contributed by atoms with van der Waals surface area (Å²) in [6.45, 7) is 7.66. The lowest BCUT2D eigenvalue weighted by Crippen LogP contribution is -2.18. The van der Waals surface area contributed by atoms with Gasteiger partial charge in [-0.3, -0.25) is 0 Å². The van der Waals surface area contributed by atoms with E-state index in [1.54, 1.807) is 0 Å². The average molecular weight is 254 g/mol. The Hall–Kier alpha value is -1.09. The summed E-state index contributed by atoms with van der Waals surface area (Å²) in [7, 11) is 1.37. The van der Waals surface area contributed by atoms with Crippen molar-refractivity contribution >= 4 is 5.97 Å². The largest absolute Gasteiger partial charge is 0.466 e. The second-order valence-electron chi connectivity index (χ2n) is 5.45. The predicted molar refractivity (Wildman–Crippen MR) is 74.2 cm³/mol. The summed E-state index contributed by atoms with van der Waals surface area (Å²) in [5.74, 6) is 0.111. The SMILES string of the molecule is COC(=O)C=C(C)C=CC(C)CCCC(C)(C)O. The fraction of sp³-hybridized carbons (Fsp3) is 0.667. The van der Waals surface area contributed by atoms with Gasteiger partial charge in [0.1, 0.15) is 0 Å². The third-order valence-electron chi connectivity index (χ3n) is 2.68. The van der Waals surface area contributed by atoms with E-state index >= 15 is 0 Å². The zero-order chi connectivity index (χ0) is 14.2. The lowest BCUT2D eigenvalue weighted by molar-refractivity contribution is -0.134. The van der Waals surface area contributed by atoms with Crippen molar-refractivity contribution in [1.29, 1.82) is 0 Å². The standard InChI is InChI=1S/C15H26O3/c1-12(7-6-10-15(3,4)17)8-9-13(2)11-14(16)18-5/h8-9,11-12,17H,6-7,10H2,1-5H3. The molecule has 1 unspecified atom stereocenters. The first-order valence-electron chi connectivity index (χ1n) is 6.41. The monoisotopic (exact) mass is 254 g/mol. The molecule has 0 aliphatic carbocycles. The minimum atomic E-state index is -0.579. The number of carbonyl (C=O) groups is 1. The molecule has 0 saturated carbocycles. The molecule has 0 fully saturated rings. The summed E-state index contributed by atoms with van der Waals surface area (Å²) in [6, 6.07) is 0. The first-order chi connectivity index (χ1) is 8.24. The lowest BCUT2D eigenvalue weighted by atomic mass is 9.96. The van der Waals surface area contributed by atoms with Crippen LogP contribution in [0.15, 0.2) is 23.8 Å². The number of ether oxygens (including phenoxy) is 1. The Morgan fingerprint density at radius 2 is 2.06 bits per heavy atom. The predicted octanol–water partition coefficient (Wildman–Crippen LogP) is 3.24. The minimum Gasteiger partial charge on any atom is -0.466 e. The zero-order valence-electron chi connectivity index (χ0n) is 12.2. The molecule has 0 aliphatic heterocycles. The summed E-state index contributed by atoms with van der Waals surface area (Å²) in [6.07, 6.45) is 8.33. The molecule has 1 atom stereocenters. The highest BCUT2D eigenvalue weighted by molar-refractivity contribution is 5.83. The molecular formula is C15H26O3. The van der Waals surface area contributed by atoms with Gasteiger partial charge in [0.2, 0.25) is 0 Å². The quantitative estimate of drug-likeness (QED) is 0.431. The summed E-state index contributed by atoms with van der Waals surface area (Å²) in [4.78, 5) is 11.0. The fourth-order valence-corrected chi connectivity index (χ4v) is 1.56. The van der Waals surface area contributed by atoms with Crippen molar-refractivity contribution in [2.45, 2.75) is 52.6 Å². The van der Waals surface area contributed by atoms with Crippen LogP contribution in [0.5, 0.6) is 0 Å². The van der Waals surface area contributed by atoms with Gasteiger partial charge >= 0.3 is 5.97 Å². The Labute approximate surface area is 111 Å². The van der Waals surface area contributed by atoms with E-state index in [0.29, 0.717) is 5.92 Å². The number of aliphatic hydroxyl groups is 1. The third kappa shape index (κ3) is 10.1. The van der Waals surface area contributed by atoms with Gasteiger partial charge in [0.15, 0.2) is 0 Å². The molecule has 0 aliphatic rings. The Bertz CT molecular complexity index is 308. The summed E-state index contributed by atoms with van der Waals surface area (Å²) < 4.78 is 4.55. The third-order valence-corrected chi connectivity index (χ3v) is 2.68. The molecular weight excluding hydrogens is 228 g/mol. The van der Waals surface area contributed by atoms with Crippen molar-refractivity contribution in [3.05, 3.63) is 23.8 Å². The first kappa shape index (κ1) is 16.9. The summed E-state index contributed by atoms with van der Waals surface area (Å²) >= 11 is 0. The van der Waals surface area contributed by atoms with E-state index in [4.69, 9.17) is 0 Å². The molecule has 0 radical (unpaired) electrons. The van der Waals surface area contributed by atoms with Crippen LogP contribution >= 0.6 is 0 Å². The van der Waals surface area contributed by atoms with Crippen LogP contribution in [0.4, 0.5) is 0 Å². The van der Waals surface area contributed by atoms with Gasteiger partial charge in [-0.2, -0.15) is 0 Å². The van der Waals surface area contributed by atoms with Crippen LogP contribution in [0.1, 0.15) is 47.0 Å². The number of hydrogen-bond donors (Lipinski definition) is 1. The molecule has 3 heteroatoms. The number of methoxy groups -OCH3 is 1. The molecule has 0 spiro atoms. The van der Waals surface area contributed by atoms with Gasteiger partial charge in [-0.15, -0.1) is 0 Å². The van der Waals surface area contributed by atoms with Gasteiger partial charge in [-0.25, -0.2) is 4.79 Å². The molecule has 3 nitrogen and oxygen atoms in total. The van der Waals surface area contributed by atoms with Crippen molar-refractivity contribution in [1.82, 2.24) is 0 Å². The van der Waals surface area contributed by atoms with Gasteiger partial charge in [-0.1, -0.05) is 25.5 Å². The number of hydrogen-bond acceptors (Lipinski definition) is 3. The highest BCUT2D eigenvalue weighted by Gasteiger charge is 2.11. The molecule has 0 aromatic rings. The maximum Gasteiger partial charge on any atom is 0.330 e. The van der Waals surface area contributed by atoms with Crippen LogP contribution in [0.3, 0.4) is 0 Å². The van der Waals surface area contributed by atoms with E-state index in [9.17, 15) is 9.90 Å². The van der Waals surface area contributed by atoms with Crippen LogP contribution in [-0.2, 0) is 9.53 Å². The van der Waals surface area contributed by atoms with E-state index in [-0.39, 0.29) is 5.97 Å². The summed E-state index contributed by atoms with van der Waals surface area (Å²) in [5, 5.41) is 9.60. The molecule has 0 rings (SSSR count). The smallest absolute Gasteiger partial charge is 0.330 e. The normalized spacial score (nSPS) is 14.9. The van der Waals surface area contributed by atoms with Crippen LogP contribution in [0.25, 0.3) is 0 Å². The molecule has 18 heavy (non-hydrogen) atoms. The number of esters is 1. The van der Waals surface area contributed by atoms with Crippen molar-refractivity contribution < 1.29 is 14.6 Å². The average Bonchev–Trinajstić information content (AvgIpc) is 2.24. The first-order valence-corrected chi connectivity index (χ1v) is 6.41. The van der Waals surface area contributed by atoms with Crippen LogP contribution in [-0.4, -0.2) is 23.8 Å². The molecule has 0 aromatic heterocycles. The molecule has 0 aromatic carbocycles. The van der Waals surface area contributed by atoms with E-state index < -0.39 is 5.60 Å². The molecule has 0 amide bonds. The minimum absolute atomic E-state index is 0.327. The van der Waals surface area contributed by atoms with E-state index in [1.807, 2.05) is 26.8 Å². The highest BCUT2D eigenvalue weighted by atomic mass is 16.5. The fourth-order valence-electron chi connectivity index (χ4n) is 1.56. The number of carbonyl (C=O) groups excluding carboxylic acids is 1. The molecule has 1 N–H and O–H groups in total. The van der Waals surface area contributed by atoms with Crippen molar-refractivity contribution in [2.24, 2.45) is 5.92 Å². The van der Waals surface area contributed by atoms with E-state index in [2.05, 4.69) is 17.7 Å². The Kier molecular flexibility index (Phi) is 7.60. The maximum atomic E-state index is 11.0. The second-order valence-corrected chi connectivity index (χ2v) is 5.45. The van der Waals surface area contributed by atoms with Gasteiger partial charge in [0.25, 0.3) is 0 Å². The van der Waals surface area contributed by atoms with Gasteiger partial charge in [-0.05, 0) is 45.1 Å². The topological polar surface area (TPSA) is 46.5 Å². The molecule has 104 valence electrons. The highest BCUT2D eigenvalue weighted by Crippen LogP contribution is 2.16. The maximum absolute atomic E-state index is 11.0. The van der Waals surface area contributed by atoms with Crippen molar-refractivity contribution in [2.75, 3.05) is 7.11 Å². The number of allylic oxidation sites excluding steroid dienone is 3. The molecule has 0 heterocycles. The second kappa shape index (κ2) is 8.09. The summed E-state index contributed by atoms with van der Waals surface area (Å²) in [5.41, 5.74) is 0.306. The van der Waals surface area contributed by atoms with Gasteiger partial charge in [0, 0.05) is 6.08 Å². The van der Waals surface area contributed by atoms with Crippen molar-refractivity contribution in [3.8, 4) is 0 Å². The number of rotatable bonds is 7. The van der Waals surface area contributed by atoms with Crippen LogP contribution in [0, 0.1) is 5.92 Å². The van der Waals surface area contributed by atoms with Gasteiger partial charge < -0.3 is 9.84 Å².